The molecule has 1 aromatic rings. The van der Waals surface area contributed by atoms with E-state index in [-0.39, 0.29) is 17.7 Å². The molecular formula is C16H22N2O5. The second-order valence-electron chi connectivity index (χ2n) is 5.44. The molecule has 0 saturated carbocycles. The Kier molecular flexibility index (Phi) is 6.49. The molecule has 2 heterocycles. The molecule has 1 saturated heterocycles. The van der Waals surface area contributed by atoms with Crippen LogP contribution in [0.15, 0.2) is 18.3 Å². The van der Waals surface area contributed by atoms with Crippen molar-refractivity contribution in [2.45, 2.75) is 25.4 Å². The summed E-state index contributed by atoms with van der Waals surface area (Å²) < 4.78 is 10.7. The van der Waals surface area contributed by atoms with E-state index in [1.807, 2.05) is 0 Å². The lowest BCUT2D eigenvalue weighted by atomic mass is 10.1. The van der Waals surface area contributed by atoms with E-state index in [9.17, 15) is 9.59 Å². The van der Waals surface area contributed by atoms with Gasteiger partial charge in [0.05, 0.1) is 6.10 Å². The lowest BCUT2D eigenvalue weighted by Crippen LogP contribution is -2.41. The zero-order valence-corrected chi connectivity index (χ0v) is 13.2. The van der Waals surface area contributed by atoms with E-state index in [1.165, 1.54) is 12.3 Å². The number of methoxy groups -OCH3 is 1. The minimum absolute atomic E-state index is 0.118. The highest BCUT2D eigenvalue weighted by atomic mass is 16.5. The van der Waals surface area contributed by atoms with E-state index in [2.05, 4.69) is 4.98 Å². The van der Waals surface area contributed by atoms with Crippen LogP contribution >= 0.6 is 0 Å². The zero-order chi connectivity index (χ0) is 16.7. The van der Waals surface area contributed by atoms with Crippen LogP contribution < -0.4 is 0 Å². The van der Waals surface area contributed by atoms with Gasteiger partial charge in [-0.15, -0.1) is 0 Å². The van der Waals surface area contributed by atoms with E-state index >= 15 is 0 Å². The average Bonchev–Trinajstić information content (AvgIpc) is 2.59. The van der Waals surface area contributed by atoms with Gasteiger partial charge in [0.2, 0.25) is 0 Å². The number of carbonyl (C=O) groups is 2. The third-order valence-corrected chi connectivity index (χ3v) is 3.80. The van der Waals surface area contributed by atoms with Gasteiger partial charge in [-0.2, -0.15) is 0 Å². The van der Waals surface area contributed by atoms with Crippen molar-refractivity contribution in [3.05, 3.63) is 29.6 Å². The molecular weight excluding hydrogens is 300 g/mol. The van der Waals surface area contributed by atoms with E-state index in [0.29, 0.717) is 31.9 Å². The molecule has 0 spiro atoms. The van der Waals surface area contributed by atoms with E-state index in [1.54, 1.807) is 18.1 Å². The number of nitrogens with zero attached hydrogens (tertiary/aromatic N) is 2. The molecule has 7 heteroatoms. The summed E-state index contributed by atoms with van der Waals surface area (Å²) in [5.74, 6) is -1.30. The lowest BCUT2D eigenvalue weighted by Gasteiger charge is -2.32. The fourth-order valence-corrected chi connectivity index (χ4v) is 2.54. The first-order chi connectivity index (χ1) is 11.1. The number of rotatable bonds is 7. The molecule has 23 heavy (non-hydrogen) atoms. The topological polar surface area (TPSA) is 89.0 Å². The van der Waals surface area contributed by atoms with Crippen molar-refractivity contribution < 1.29 is 24.2 Å². The Bertz CT molecular complexity index is 541. The lowest BCUT2D eigenvalue weighted by molar-refractivity contribution is 0.00188. The van der Waals surface area contributed by atoms with Gasteiger partial charge in [-0.3, -0.25) is 4.79 Å². The Hall–Kier alpha value is -1.99. The fourth-order valence-electron chi connectivity index (χ4n) is 2.54. The number of aromatic nitrogens is 1. The largest absolute Gasteiger partial charge is 0.477 e. The molecule has 1 N–H and O–H groups in total. The Morgan fingerprint density at radius 3 is 2.74 bits per heavy atom. The number of carbonyl (C=O) groups excluding carboxylic acids is 1. The molecule has 1 aromatic heterocycles. The summed E-state index contributed by atoms with van der Waals surface area (Å²) in [6.07, 6.45) is 3.96. The van der Waals surface area contributed by atoms with Crippen LogP contribution in [0.4, 0.5) is 0 Å². The summed E-state index contributed by atoms with van der Waals surface area (Å²) >= 11 is 0. The third-order valence-electron chi connectivity index (χ3n) is 3.80. The molecule has 0 atom stereocenters. The van der Waals surface area contributed by atoms with Crippen molar-refractivity contribution in [1.29, 1.82) is 0 Å². The van der Waals surface area contributed by atoms with Gasteiger partial charge in [0.25, 0.3) is 5.91 Å². The van der Waals surface area contributed by atoms with Gasteiger partial charge in [-0.25, -0.2) is 9.78 Å². The molecule has 2 rings (SSSR count). The Morgan fingerprint density at radius 1 is 1.35 bits per heavy atom. The maximum absolute atomic E-state index is 12.4. The Balaban J connectivity index is 1.84. The summed E-state index contributed by atoms with van der Waals surface area (Å²) in [7, 11) is 1.67. The van der Waals surface area contributed by atoms with Gasteiger partial charge in [-0.05, 0) is 31.4 Å². The second-order valence-corrected chi connectivity index (χ2v) is 5.44. The second kappa shape index (κ2) is 8.59. The highest BCUT2D eigenvalue weighted by molar-refractivity contribution is 5.96. The maximum atomic E-state index is 12.4. The molecule has 7 nitrogen and oxygen atoms in total. The van der Waals surface area contributed by atoms with Crippen LogP contribution in [0, 0.1) is 0 Å². The zero-order valence-electron chi connectivity index (χ0n) is 13.2. The first-order valence-corrected chi connectivity index (χ1v) is 7.71. The highest BCUT2D eigenvalue weighted by Gasteiger charge is 2.24. The van der Waals surface area contributed by atoms with Gasteiger partial charge in [-0.1, -0.05) is 0 Å². The fraction of sp³-hybridized carbons (Fsp3) is 0.562. The van der Waals surface area contributed by atoms with Gasteiger partial charge < -0.3 is 19.5 Å². The van der Waals surface area contributed by atoms with Crippen LogP contribution in [-0.4, -0.2) is 66.4 Å². The number of pyridine rings is 1. The number of amides is 1. The number of likely N-dealkylation sites (tertiary alicyclic amines) is 1. The molecule has 1 amide bonds. The molecule has 1 fully saturated rings. The summed E-state index contributed by atoms with van der Waals surface area (Å²) in [6.45, 7) is 2.57. The standard InChI is InChI=1S/C16H22N2O5/c1-22-9-2-10-23-13-4-7-18(8-5-13)15(19)12-3-6-17-14(11-12)16(20)21/h3,6,11,13H,2,4-5,7-10H2,1H3,(H,20,21). The van der Waals surface area contributed by atoms with Gasteiger partial charge in [0, 0.05) is 45.2 Å². The molecule has 1 aliphatic rings. The molecule has 0 unspecified atom stereocenters. The van der Waals surface area contributed by atoms with Crippen molar-refractivity contribution in [2.75, 3.05) is 33.4 Å². The van der Waals surface area contributed by atoms with Crippen molar-refractivity contribution in [2.24, 2.45) is 0 Å². The summed E-state index contributed by atoms with van der Waals surface area (Å²) in [6, 6.07) is 2.86. The Labute approximate surface area is 135 Å². The first kappa shape index (κ1) is 17.4. The summed E-state index contributed by atoms with van der Waals surface area (Å²) in [5, 5.41) is 8.94. The molecule has 0 aromatic carbocycles. The number of carboxylic acid groups (broad SMARTS) is 1. The number of hydrogen-bond donors (Lipinski definition) is 1. The van der Waals surface area contributed by atoms with Crippen LogP contribution in [0.2, 0.25) is 0 Å². The summed E-state index contributed by atoms with van der Waals surface area (Å²) in [4.78, 5) is 28.8. The third kappa shape index (κ3) is 5.01. The van der Waals surface area contributed by atoms with E-state index in [0.717, 1.165) is 19.3 Å². The normalized spacial score (nSPS) is 15.6. The number of piperidine rings is 1. The van der Waals surface area contributed by atoms with Crippen molar-refractivity contribution in [3.63, 3.8) is 0 Å². The van der Waals surface area contributed by atoms with Crippen molar-refractivity contribution in [1.82, 2.24) is 9.88 Å². The number of carboxylic acids is 1. The molecule has 0 bridgehead atoms. The van der Waals surface area contributed by atoms with Gasteiger partial charge >= 0.3 is 5.97 Å². The monoisotopic (exact) mass is 322 g/mol. The SMILES string of the molecule is COCCCOC1CCN(C(=O)c2ccnc(C(=O)O)c2)CC1. The first-order valence-electron chi connectivity index (χ1n) is 7.71. The molecule has 0 radical (unpaired) electrons. The molecule has 126 valence electrons. The number of ether oxygens (including phenoxy) is 2. The maximum Gasteiger partial charge on any atom is 0.354 e. The Morgan fingerprint density at radius 2 is 2.09 bits per heavy atom. The number of hydrogen-bond acceptors (Lipinski definition) is 5. The molecule has 1 aliphatic heterocycles. The van der Waals surface area contributed by atoms with E-state index in [4.69, 9.17) is 14.6 Å². The van der Waals surface area contributed by atoms with Crippen LogP contribution in [0.25, 0.3) is 0 Å². The minimum Gasteiger partial charge on any atom is -0.477 e. The smallest absolute Gasteiger partial charge is 0.354 e. The van der Waals surface area contributed by atoms with Crippen LogP contribution in [0.5, 0.6) is 0 Å². The van der Waals surface area contributed by atoms with E-state index < -0.39 is 5.97 Å². The van der Waals surface area contributed by atoms with Crippen molar-refractivity contribution in [3.8, 4) is 0 Å². The average molecular weight is 322 g/mol. The highest BCUT2D eigenvalue weighted by Crippen LogP contribution is 2.17. The predicted octanol–water partition coefficient (Wildman–Crippen LogP) is 1.44. The predicted molar refractivity (Wildman–Crippen MR) is 82.6 cm³/mol. The number of aromatic carboxylic acids is 1. The minimum atomic E-state index is -1.14. The van der Waals surface area contributed by atoms with Crippen molar-refractivity contribution >= 4 is 11.9 Å². The van der Waals surface area contributed by atoms with Crippen LogP contribution in [-0.2, 0) is 9.47 Å². The molecule has 0 aliphatic carbocycles. The summed E-state index contributed by atoms with van der Waals surface area (Å²) in [5.41, 5.74) is 0.240. The van der Waals surface area contributed by atoms with Gasteiger partial charge in [0.15, 0.2) is 0 Å². The van der Waals surface area contributed by atoms with Crippen LogP contribution in [0.1, 0.15) is 40.1 Å². The van der Waals surface area contributed by atoms with Crippen LogP contribution in [0.3, 0.4) is 0 Å². The van der Waals surface area contributed by atoms with Gasteiger partial charge in [0.1, 0.15) is 5.69 Å². The quantitative estimate of drug-likeness (QED) is 0.764.